The van der Waals surface area contributed by atoms with E-state index in [1.165, 1.54) is 0 Å². The minimum atomic E-state index is -0.199. The number of nitrogens with one attached hydrogen (secondary N) is 1. The van der Waals surface area contributed by atoms with Crippen LogP contribution in [-0.2, 0) is 4.79 Å². The third-order valence-electron chi connectivity index (χ3n) is 5.57. The number of halogens is 1. The maximum Gasteiger partial charge on any atom is 0.251 e. The first-order valence-electron chi connectivity index (χ1n) is 10.5. The van der Waals surface area contributed by atoms with Gasteiger partial charge in [0.2, 0.25) is 5.91 Å². The molecule has 1 atom stereocenters. The molecular weight excluding hydrogens is 436 g/mol. The molecule has 1 unspecified atom stereocenters. The van der Waals surface area contributed by atoms with Gasteiger partial charge >= 0.3 is 0 Å². The molecule has 1 aliphatic rings. The monoisotopic (exact) mass is 456 g/mol. The molecule has 7 nitrogen and oxygen atoms in total. The number of benzene rings is 3. The van der Waals surface area contributed by atoms with Gasteiger partial charge in [0.15, 0.2) is 0 Å². The van der Waals surface area contributed by atoms with Gasteiger partial charge in [0.25, 0.3) is 5.95 Å². The van der Waals surface area contributed by atoms with Gasteiger partial charge in [0.1, 0.15) is 12.6 Å². The topological polar surface area (TPSA) is 75.9 Å². The summed E-state index contributed by atoms with van der Waals surface area (Å²) in [4.78, 5) is 14.9. The number of fused-ring (bicyclic) bond motifs is 1. The average Bonchev–Trinajstić information content (AvgIpc) is 3.33. The highest BCUT2D eigenvalue weighted by molar-refractivity contribution is 6.31. The number of hydrogen-bond acceptors (Lipinski definition) is 5. The van der Waals surface area contributed by atoms with E-state index in [1.807, 2.05) is 78.6 Å². The molecule has 1 aromatic heterocycles. The SMILES string of the molecule is Cc1ccc(Cl)cc1NC(=O)CN1C(c2ccccc2)=CC(c2ccccc2)n2nnnc21. The zero-order chi connectivity index (χ0) is 22.8. The lowest BCUT2D eigenvalue weighted by molar-refractivity contribution is -0.114. The highest BCUT2D eigenvalue weighted by atomic mass is 35.5. The average molecular weight is 457 g/mol. The Balaban J connectivity index is 1.53. The second kappa shape index (κ2) is 8.88. The zero-order valence-corrected chi connectivity index (χ0v) is 18.6. The van der Waals surface area contributed by atoms with Gasteiger partial charge in [-0.3, -0.25) is 9.69 Å². The van der Waals surface area contributed by atoms with Crippen molar-refractivity contribution in [1.82, 2.24) is 20.2 Å². The molecule has 0 saturated heterocycles. The number of amides is 1. The first-order chi connectivity index (χ1) is 16.1. The number of tetrazole rings is 1. The van der Waals surface area contributed by atoms with E-state index < -0.39 is 0 Å². The zero-order valence-electron chi connectivity index (χ0n) is 17.9. The van der Waals surface area contributed by atoms with E-state index in [9.17, 15) is 4.79 Å². The number of aryl methyl sites for hydroxylation is 1. The van der Waals surface area contributed by atoms with Crippen molar-refractivity contribution >= 4 is 34.8 Å². The Labute approximate surface area is 196 Å². The number of anilines is 2. The highest BCUT2D eigenvalue weighted by Gasteiger charge is 2.31. The molecule has 0 fully saturated rings. The fourth-order valence-electron chi connectivity index (χ4n) is 3.93. The summed E-state index contributed by atoms with van der Waals surface area (Å²) in [7, 11) is 0. The van der Waals surface area contributed by atoms with Gasteiger partial charge in [-0.15, -0.1) is 0 Å². The van der Waals surface area contributed by atoms with Crippen LogP contribution in [0.2, 0.25) is 5.02 Å². The molecule has 4 aromatic rings. The molecule has 0 saturated carbocycles. The maximum atomic E-state index is 13.1. The molecule has 33 heavy (non-hydrogen) atoms. The van der Waals surface area contributed by atoms with E-state index in [0.29, 0.717) is 16.7 Å². The van der Waals surface area contributed by atoms with E-state index in [4.69, 9.17) is 11.6 Å². The molecule has 1 aliphatic heterocycles. The van der Waals surface area contributed by atoms with Gasteiger partial charge in [0.05, 0.1) is 5.70 Å². The molecule has 8 heteroatoms. The number of aromatic nitrogens is 4. The van der Waals surface area contributed by atoms with Crippen molar-refractivity contribution in [2.45, 2.75) is 13.0 Å². The minimum Gasteiger partial charge on any atom is -0.324 e. The van der Waals surface area contributed by atoms with Crippen molar-refractivity contribution in [1.29, 1.82) is 0 Å². The summed E-state index contributed by atoms with van der Waals surface area (Å²) in [5, 5.41) is 15.9. The van der Waals surface area contributed by atoms with Gasteiger partial charge < -0.3 is 5.32 Å². The first kappa shape index (κ1) is 20.9. The van der Waals surface area contributed by atoms with Gasteiger partial charge in [-0.25, -0.2) is 0 Å². The fraction of sp³-hybridized carbons (Fsp3) is 0.120. The van der Waals surface area contributed by atoms with Crippen molar-refractivity contribution in [2.24, 2.45) is 0 Å². The smallest absolute Gasteiger partial charge is 0.251 e. The van der Waals surface area contributed by atoms with Crippen LogP contribution in [0.4, 0.5) is 11.6 Å². The van der Waals surface area contributed by atoms with Gasteiger partial charge in [0, 0.05) is 10.7 Å². The lowest BCUT2D eigenvalue weighted by atomic mass is 10.0. The number of allylic oxidation sites excluding steroid dienone is 1. The van der Waals surface area contributed by atoms with Crippen LogP contribution in [0.25, 0.3) is 5.70 Å². The number of hydrogen-bond donors (Lipinski definition) is 1. The van der Waals surface area contributed by atoms with E-state index >= 15 is 0 Å². The van der Waals surface area contributed by atoms with Crippen molar-refractivity contribution < 1.29 is 4.79 Å². The van der Waals surface area contributed by atoms with Crippen LogP contribution >= 0.6 is 11.6 Å². The van der Waals surface area contributed by atoms with Gasteiger partial charge in [-0.05, 0) is 52.2 Å². The Morgan fingerprint density at radius 2 is 1.76 bits per heavy atom. The Hall–Kier alpha value is -3.97. The summed E-state index contributed by atoms with van der Waals surface area (Å²) in [5.74, 6) is 0.304. The largest absolute Gasteiger partial charge is 0.324 e. The van der Waals surface area contributed by atoms with Crippen molar-refractivity contribution in [3.63, 3.8) is 0 Å². The lowest BCUT2D eigenvalue weighted by Crippen LogP contribution is -2.37. The van der Waals surface area contributed by atoms with Crippen molar-refractivity contribution in [3.8, 4) is 0 Å². The van der Waals surface area contributed by atoms with Crippen molar-refractivity contribution in [2.75, 3.05) is 16.8 Å². The van der Waals surface area contributed by atoms with E-state index in [1.54, 1.807) is 16.8 Å². The summed E-state index contributed by atoms with van der Waals surface area (Å²) < 4.78 is 1.74. The number of rotatable bonds is 5. The molecule has 0 radical (unpaired) electrons. The molecule has 0 bridgehead atoms. The third-order valence-corrected chi connectivity index (χ3v) is 5.81. The molecule has 164 valence electrons. The maximum absolute atomic E-state index is 13.1. The second-order valence-corrected chi connectivity index (χ2v) is 8.23. The second-order valence-electron chi connectivity index (χ2n) is 7.79. The highest BCUT2D eigenvalue weighted by Crippen LogP contribution is 2.36. The standard InChI is InChI=1S/C25H21ClN6O/c1-17-12-13-20(26)14-21(17)27-24(33)16-31-22(18-8-4-2-5-9-18)15-23(19-10-6-3-7-11-19)32-25(31)28-29-30-32/h2-15,23H,16H2,1H3,(H,27,33). The summed E-state index contributed by atoms with van der Waals surface area (Å²) >= 11 is 6.12. The molecule has 0 aliphatic carbocycles. The quantitative estimate of drug-likeness (QED) is 0.470. The van der Waals surface area contributed by atoms with Crippen LogP contribution in [-0.4, -0.2) is 32.7 Å². The molecule has 1 N–H and O–H groups in total. The van der Waals surface area contributed by atoms with E-state index in [0.717, 1.165) is 22.4 Å². The van der Waals surface area contributed by atoms with Crippen LogP contribution in [0.15, 0.2) is 84.9 Å². The van der Waals surface area contributed by atoms with Crippen molar-refractivity contribution in [3.05, 3.63) is 107 Å². The summed E-state index contributed by atoms with van der Waals surface area (Å²) in [6.45, 7) is 1.96. The van der Waals surface area contributed by atoms with Crippen LogP contribution < -0.4 is 10.2 Å². The molecular formula is C25H21ClN6O. The molecule has 3 aromatic carbocycles. The molecule has 1 amide bonds. The van der Waals surface area contributed by atoms with Crippen LogP contribution in [0, 0.1) is 6.92 Å². The molecule has 5 rings (SSSR count). The number of nitrogens with zero attached hydrogens (tertiary/aromatic N) is 5. The van der Waals surface area contributed by atoms with E-state index in [2.05, 4.69) is 26.9 Å². The predicted octanol–water partition coefficient (Wildman–Crippen LogP) is 4.72. The third kappa shape index (κ3) is 4.23. The number of carbonyl (C=O) groups excluding carboxylic acids is 1. The number of carbonyl (C=O) groups is 1. The summed E-state index contributed by atoms with van der Waals surface area (Å²) in [5.41, 5.74) is 4.50. The molecule has 2 heterocycles. The Morgan fingerprint density at radius 3 is 2.52 bits per heavy atom. The van der Waals surface area contributed by atoms with Crippen LogP contribution in [0.1, 0.15) is 22.7 Å². The Morgan fingerprint density at radius 1 is 1.03 bits per heavy atom. The minimum absolute atomic E-state index is 0.0363. The van der Waals surface area contributed by atoms with Gasteiger partial charge in [-0.2, -0.15) is 4.68 Å². The summed E-state index contributed by atoms with van der Waals surface area (Å²) in [6.07, 6.45) is 2.09. The van der Waals surface area contributed by atoms with Gasteiger partial charge in [-0.1, -0.05) is 83.4 Å². The predicted molar refractivity (Wildman–Crippen MR) is 129 cm³/mol. The lowest BCUT2D eigenvalue weighted by Gasteiger charge is -2.32. The molecule has 0 spiro atoms. The van der Waals surface area contributed by atoms with Crippen LogP contribution in [0.3, 0.4) is 0 Å². The Bertz CT molecular complexity index is 1320. The summed E-state index contributed by atoms with van der Waals surface area (Å²) in [6, 6.07) is 25.2. The first-order valence-corrected chi connectivity index (χ1v) is 10.9. The Kier molecular flexibility index (Phi) is 5.62. The van der Waals surface area contributed by atoms with Crippen LogP contribution in [0.5, 0.6) is 0 Å². The fourth-order valence-corrected chi connectivity index (χ4v) is 4.10. The van der Waals surface area contributed by atoms with E-state index in [-0.39, 0.29) is 18.5 Å². The normalized spacial score (nSPS) is 15.0.